The highest BCUT2D eigenvalue weighted by molar-refractivity contribution is 7.14. The van der Waals surface area contributed by atoms with Gasteiger partial charge >= 0.3 is 0 Å². The topological polar surface area (TPSA) is 78.4 Å². The second kappa shape index (κ2) is 11.1. The average molecular weight is 592 g/mol. The molecule has 2 aliphatic heterocycles. The van der Waals surface area contributed by atoms with Crippen LogP contribution in [0.2, 0.25) is 5.02 Å². The van der Waals surface area contributed by atoms with Crippen LogP contribution in [0, 0.1) is 6.92 Å². The summed E-state index contributed by atoms with van der Waals surface area (Å²) < 4.78 is 0. The number of nitrogens with one attached hydrogen (secondary N) is 1. The van der Waals surface area contributed by atoms with Gasteiger partial charge in [0, 0.05) is 66.4 Å². The number of ketones is 1. The van der Waals surface area contributed by atoms with E-state index in [1.54, 1.807) is 0 Å². The van der Waals surface area contributed by atoms with E-state index in [1.807, 2.05) is 43.3 Å². The molecule has 1 amide bonds. The summed E-state index contributed by atoms with van der Waals surface area (Å²) in [6.07, 6.45) is 1.93. The van der Waals surface area contributed by atoms with E-state index in [0.717, 1.165) is 77.5 Å². The van der Waals surface area contributed by atoms with Gasteiger partial charge in [0.15, 0.2) is 15.8 Å². The SMILES string of the molecule is Cc1c(NC(=O)c2nc3c(s2)CN(C)CC3)cccc1-c1cccc(CC(=O)c2nc3c(s2)CN(C)CC3)c1Cl. The van der Waals surface area contributed by atoms with E-state index in [2.05, 4.69) is 39.2 Å². The van der Waals surface area contributed by atoms with Crippen LogP contribution in [0.15, 0.2) is 36.4 Å². The highest BCUT2D eigenvalue weighted by atomic mass is 35.5. The van der Waals surface area contributed by atoms with E-state index >= 15 is 0 Å². The molecule has 0 atom stereocenters. The van der Waals surface area contributed by atoms with Crippen LogP contribution in [-0.4, -0.2) is 58.6 Å². The Bertz CT molecular complexity index is 1510. The first-order chi connectivity index (χ1) is 19.3. The van der Waals surface area contributed by atoms with Crippen molar-refractivity contribution in [1.82, 2.24) is 19.8 Å². The second-order valence-corrected chi connectivity index (χ2v) is 13.1. The number of rotatable bonds is 6. The van der Waals surface area contributed by atoms with Crippen molar-refractivity contribution in [2.24, 2.45) is 0 Å². The van der Waals surface area contributed by atoms with E-state index in [0.29, 0.717) is 20.7 Å². The molecule has 0 saturated carbocycles. The molecule has 0 spiro atoms. The first-order valence-electron chi connectivity index (χ1n) is 13.3. The predicted octanol–water partition coefficient (Wildman–Crippen LogP) is 5.88. The van der Waals surface area contributed by atoms with Gasteiger partial charge in [-0.15, -0.1) is 22.7 Å². The highest BCUT2D eigenvalue weighted by Gasteiger charge is 2.24. The predicted molar refractivity (Wildman–Crippen MR) is 162 cm³/mol. The molecule has 0 fully saturated rings. The smallest absolute Gasteiger partial charge is 0.284 e. The summed E-state index contributed by atoms with van der Waals surface area (Å²) in [7, 11) is 4.17. The van der Waals surface area contributed by atoms with Crippen molar-refractivity contribution in [1.29, 1.82) is 0 Å². The number of anilines is 1. The lowest BCUT2D eigenvalue weighted by molar-refractivity contribution is 0.0990. The maximum Gasteiger partial charge on any atom is 0.284 e. The molecular weight excluding hydrogens is 562 g/mol. The number of carbonyl (C=O) groups is 2. The van der Waals surface area contributed by atoms with Gasteiger partial charge in [0.25, 0.3) is 5.91 Å². The third-order valence-corrected chi connectivity index (χ3v) is 10.2. The second-order valence-electron chi connectivity index (χ2n) is 10.6. The normalized spacial score (nSPS) is 15.5. The maximum absolute atomic E-state index is 13.2. The largest absolute Gasteiger partial charge is 0.320 e. The number of benzene rings is 2. The van der Waals surface area contributed by atoms with E-state index in [4.69, 9.17) is 11.6 Å². The Balaban J connectivity index is 1.22. The number of likely N-dealkylation sites (N-methyl/N-ethyl adjacent to an activating group) is 2. The average Bonchev–Trinajstić information content (AvgIpc) is 3.55. The molecule has 6 rings (SSSR count). The van der Waals surface area contributed by atoms with Gasteiger partial charge in [-0.3, -0.25) is 9.59 Å². The molecule has 0 unspecified atom stereocenters. The molecule has 206 valence electrons. The number of halogens is 1. The molecule has 2 aliphatic rings. The molecule has 0 aliphatic carbocycles. The first-order valence-corrected chi connectivity index (χ1v) is 15.3. The van der Waals surface area contributed by atoms with Crippen LogP contribution in [0.4, 0.5) is 5.69 Å². The number of amides is 1. The summed E-state index contributed by atoms with van der Waals surface area (Å²) in [5.41, 5.74) is 6.19. The van der Waals surface area contributed by atoms with Crippen molar-refractivity contribution >= 4 is 51.7 Å². The Hall–Kier alpha value is -2.95. The van der Waals surface area contributed by atoms with Crippen molar-refractivity contribution in [3.8, 4) is 11.1 Å². The highest BCUT2D eigenvalue weighted by Crippen LogP contribution is 2.36. The number of fused-ring (bicyclic) bond motifs is 2. The lowest BCUT2D eigenvalue weighted by Crippen LogP contribution is -2.25. The quantitative estimate of drug-likeness (QED) is 0.282. The van der Waals surface area contributed by atoms with Crippen LogP contribution in [0.3, 0.4) is 0 Å². The third-order valence-electron chi connectivity index (χ3n) is 7.58. The van der Waals surface area contributed by atoms with E-state index in [9.17, 15) is 9.59 Å². The number of hydrogen-bond donors (Lipinski definition) is 1. The third kappa shape index (κ3) is 5.36. The zero-order valence-corrected chi connectivity index (χ0v) is 25.1. The van der Waals surface area contributed by atoms with Crippen molar-refractivity contribution in [3.05, 3.63) is 83.7 Å². The number of aromatic nitrogens is 2. The molecule has 10 heteroatoms. The molecular formula is C30H30ClN5O2S2. The summed E-state index contributed by atoms with van der Waals surface area (Å²) >= 11 is 9.88. The van der Waals surface area contributed by atoms with Crippen LogP contribution < -0.4 is 5.32 Å². The Morgan fingerprint density at radius 2 is 1.50 bits per heavy atom. The summed E-state index contributed by atoms with van der Waals surface area (Å²) in [5, 5.41) is 4.64. The molecule has 2 aromatic heterocycles. The molecule has 0 bridgehead atoms. The zero-order valence-electron chi connectivity index (χ0n) is 22.7. The molecule has 0 saturated heterocycles. The van der Waals surface area contributed by atoms with Crippen LogP contribution in [-0.2, 0) is 32.4 Å². The van der Waals surface area contributed by atoms with Gasteiger partial charge in [-0.1, -0.05) is 41.9 Å². The summed E-state index contributed by atoms with van der Waals surface area (Å²) in [5.74, 6) is -0.221. The van der Waals surface area contributed by atoms with Crippen molar-refractivity contribution in [3.63, 3.8) is 0 Å². The van der Waals surface area contributed by atoms with Crippen LogP contribution in [0.25, 0.3) is 11.1 Å². The maximum atomic E-state index is 13.2. The monoisotopic (exact) mass is 591 g/mol. The Kier molecular flexibility index (Phi) is 7.58. The lowest BCUT2D eigenvalue weighted by Gasteiger charge is -2.20. The fraction of sp³-hybridized carbons (Fsp3) is 0.333. The van der Waals surface area contributed by atoms with Gasteiger partial charge < -0.3 is 15.1 Å². The Labute approximate surface area is 246 Å². The van der Waals surface area contributed by atoms with Crippen molar-refractivity contribution in [2.75, 3.05) is 32.5 Å². The van der Waals surface area contributed by atoms with Crippen LogP contribution in [0.1, 0.15) is 51.9 Å². The minimum atomic E-state index is -0.204. The molecule has 7 nitrogen and oxygen atoms in total. The van der Waals surface area contributed by atoms with Gasteiger partial charge in [-0.25, -0.2) is 9.97 Å². The lowest BCUT2D eigenvalue weighted by atomic mass is 9.96. The standard InChI is InChI=1S/C30H30ClN5O2S2/c1-17-19(7-5-9-21(17)32-28(38)30-34-23-11-13-36(3)16-26(23)40-30)20-8-4-6-18(27(20)31)14-24(37)29-33-22-10-12-35(2)15-25(22)39-29/h4-9H,10-16H2,1-3H3,(H,32,38). The van der Waals surface area contributed by atoms with Gasteiger partial charge in [0.1, 0.15) is 0 Å². The van der Waals surface area contributed by atoms with Crippen molar-refractivity contribution in [2.45, 2.75) is 39.3 Å². The number of hydrogen-bond acceptors (Lipinski definition) is 8. The summed E-state index contributed by atoms with van der Waals surface area (Å²) in [6.45, 7) is 5.55. The summed E-state index contributed by atoms with van der Waals surface area (Å²) in [4.78, 5) is 42.4. The van der Waals surface area contributed by atoms with Gasteiger partial charge in [-0.2, -0.15) is 0 Å². The molecule has 1 N–H and O–H groups in total. The number of nitrogens with zero attached hydrogens (tertiary/aromatic N) is 4. The first kappa shape index (κ1) is 27.2. The molecule has 40 heavy (non-hydrogen) atoms. The number of carbonyl (C=O) groups excluding carboxylic acids is 2. The zero-order chi connectivity index (χ0) is 28.0. The summed E-state index contributed by atoms with van der Waals surface area (Å²) in [6, 6.07) is 11.6. The van der Waals surface area contributed by atoms with Crippen molar-refractivity contribution < 1.29 is 9.59 Å². The molecule has 0 radical (unpaired) electrons. The van der Waals surface area contributed by atoms with Gasteiger partial charge in [-0.05, 0) is 43.8 Å². The fourth-order valence-corrected chi connectivity index (χ4v) is 7.78. The molecule has 4 aromatic rings. The Morgan fingerprint density at radius 1 is 0.900 bits per heavy atom. The van der Waals surface area contributed by atoms with Crippen LogP contribution >= 0.6 is 34.3 Å². The van der Waals surface area contributed by atoms with E-state index in [1.165, 1.54) is 27.6 Å². The van der Waals surface area contributed by atoms with Gasteiger partial charge in [0.2, 0.25) is 0 Å². The molecule has 2 aromatic carbocycles. The minimum absolute atomic E-state index is 0.0174. The number of Topliss-reactive ketones (excluding diaryl/α,β-unsaturated/α-hetero) is 1. The van der Waals surface area contributed by atoms with E-state index in [-0.39, 0.29) is 18.1 Å². The Morgan fingerprint density at radius 3 is 2.20 bits per heavy atom. The molecule has 4 heterocycles. The van der Waals surface area contributed by atoms with E-state index < -0.39 is 0 Å². The van der Waals surface area contributed by atoms with Crippen LogP contribution in [0.5, 0.6) is 0 Å². The van der Waals surface area contributed by atoms with Gasteiger partial charge in [0.05, 0.1) is 16.4 Å². The minimum Gasteiger partial charge on any atom is -0.320 e. The fourth-order valence-electron chi connectivity index (χ4n) is 5.27. The number of thiazole rings is 2.